The number of aryl methyl sites for hydroxylation is 1. The van der Waals surface area contributed by atoms with Crippen LogP contribution in [0, 0.1) is 18.8 Å². The number of benzene rings is 1. The summed E-state index contributed by atoms with van der Waals surface area (Å²) >= 11 is 0. The summed E-state index contributed by atoms with van der Waals surface area (Å²) in [7, 11) is 1.63. The van der Waals surface area contributed by atoms with Crippen LogP contribution in [0.1, 0.15) is 37.8 Å². The second kappa shape index (κ2) is 8.26. The number of piperidine rings is 1. The van der Waals surface area contributed by atoms with Crippen molar-refractivity contribution in [2.24, 2.45) is 11.8 Å². The van der Waals surface area contributed by atoms with Crippen molar-refractivity contribution in [3.05, 3.63) is 41.1 Å². The van der Waals surface area contributed by atoms with E-state index in [4.69, 9.17) is 4.74 Å². The van der Waals surface area contributed by atoms with Crippen LogP contribution in [0.2, 0.25) is 0 Å². The molecule has 5 nitrogen and oxygen atoms in total. The summed E-state index contributed by atoms with van der Waals surface area (Å²) in [5.41, 5.74) is 3.10. The molecular formula is C22H30N2O3. The van der Waals surface area contributed by atoms with Gasteiger partial charge >= 0.3 is 0 Å². The highest BCUT2D eigenvalue weighted by Gasteiger charge is 2.42. The van der Waals surface area contributed by atoms with Crippen LogP contribution < -0.4 is 0 Å². The van der Waals surface area contributed by atoms with Gasteiger partial charge in [-0.3, -0.25) is 14.5 Å². The van der Waals surface area contributed by atoms with Gasteiger partial charge in [-0.2, -0.15) is 0 Å². The van der Waals surface area contributed by atoms with Crippen LogP contribution >= 0.6 is 0 Å². The van der Waals surface area contributed by atoms with Crippen LogP contribution in [-0.2, 0) is 14.3 Å². The van der Waals surface area contributed by atoms with Gasteiger partial charge in [0.25, 0.3) is 11.8 Å². The van der Waals surface area contributed by atoms with Crippen molar-refractivity contribution >= 4 is 17.4 Å². The molecule has 0 spiro atoms. The Balaban J connectivity index is 1.99. The third kappa shape index (κ3) is 4.08. The number of rotatable bonds is 6. The molecule has 0 bridgehead atoms. The summed E-state index contributed by atoms with van der Waals surface area (Å²) in [5, 5.41) is 0. The molecule has 1 aromatic carbocycles. The zero-order chi connectivity index (χ0) is 19.6. The first-order valence-corrected chi connectivity index (χ1v) is 9.83. The van der Waals surface area contributed by atoms with Gasteiger partial charge in [0.15, 0.2) is 0 Å². The van der Waals surface area contributed by atoms with Crippen molar-refractivity contribution < 1.29 is 14.3 Å². The van der Waals surface area contributed by atoms with Gasteiger partial charge in [-0.15, -0.1) is 0 Å². The van der Waals surface area contributed by atoms with Crippen molar-refractivity contribution in [2.45, 2.75) is 33.6 Å². The molecule has 1 aromatic rings. The lowest BCUT2D eigenvalue weighted by Crippen LogP contribution is -2.42. The molecule has 3 rings (SSSR count). The maximum absolute atomic E-state index is 13.2. The van der Waals surface area contributed by atoms with E-state index in [1.807, 2.05) is 31.2 Å². The highest BCUT2D eigenvalue weighted by atomic mass is 16.5. The molecule has 0 saturated carbocycles. The van der Waals surface area contributed by atoms with Crippen LogP contribution in [0.3, 0.4) is 0 Å². The van der Waals surface area contributed by atoms with Crippen LogP contribution in [0.15, 0.2) is 30.0 Å². The summed E-state index contributed by atoms with van der Waals surface area (Å²) < 4.78 is 5.09. The molecule has 1 fully saturated rings. The third-order valence-electron chi connectivity index (χ3n) is 5.40. The second-order valence-corrected chi connectivity index (χ2v) is 8.05. The molecule has 146 valence electrons. The minimum Gasteiger partial charge on any atom is -0.385 e. The average Bonchev–Trinajstić information content (AvgIpc) is 2.86. The molecule has 0 aliphatic carbocycles. The molecule has 2 aliphatic rings. The van der Waals surface area contributed by atoms with E-state index in [0.29, 0.717) is 42.7 Å². The van der Waals surface area contributed by atoms with Gasteiger partial charge in [-0.1, -0.05) is 43.7 Å². The minimum atomic E-state index is -0.180. The van der Waals surface area contributed by atoms with Gasteiger partial charge in [-0.05, 0) is 37.2 Å². The Morgan fingerprint density at radius 2 is 1.67 bits per heavy atom. The summed E-state index contributed by atoms with van der Waals surface area (Å²) in [6.45, 7) is 9.01. The lowest BCUT2D eigenvalue weighted by atomic mass is 9.91. The van der Waals surface area contributed by atoms with E-state index in [1.54, 1.807) is 7.11 Å². The first-order chi connectivity index (χ1) is 12.9. The number of hydrogen-bond acceptors (Lipinski definition) is 4. The number of imide groups is 1. The van der Waals surface area contributed by atoms with Crippen LogP contribution in [0.25, 0.3) is 5.57 Å². The Morgan fingerprint density at radius 3 is 2.26 bits per heavy atom. The molecule has 5 heteroatoms. The van der Waals surface area contributed by atoms with Crippen LogP contribution in [-0.4, -0.2) is 55.0 Å². The third-order valence-corrected chi connectivity index (χ3v) is 5.40. The molecule has 2 unspecified atom stereocenters. The molecular weight excluding hydrogens is 340 g/mol. The Hall–Kier alpha value is -2.14. The standard InChI is InChI=1S/C22H30N2O3/c1-15-6-8-18(9-7-15)19-20(23-13-16(2)12-17(3)14-23)22(26)24(21(19)25)10-5-11-27-4/h6-9,16-17H,5,10-14H2,1-4H3. The van der Waals surface area contributed by atoms with Gasteiger partial charge in [-0.25, -0.2) is 0 Å². The van der Waals surface area contributed by atoms with Crippen LogP contribution in [0.5, 0.6) is 0 Å². The fraction of sp³-hybridized carbons (Fsp3) is 0.545. The topological polar surface area (TPSA) is 49.9 Å². The van der Waals surface area contributed by atoms with Gasteiger partial charge in [0.1, 0.15) is 5.70 Å². The first kappa shape index (κ1) is 19.6. The van der Waals surface area contributed by atoms with Gasteiger partial charge in [0.05, 0.1) is 5.57 Å². The summed E-state index contributed by atoms with van der Waals surface area (Å²) in [4.78, 5) is 30.0. The van der Waals surface area contributed by atoms with Crippen molar-refractivity contribution in [2.75, 3.05) is 33.4 Å². The van der Waals surface area contributed by atoms with Crippen molar-refractivity contribution in [3.63, 3.8) is 0 Å². The SMILES string of the molecule is COCCCN1C(=O)C(c2ccc(C)cc2)=C(N2CC(C)CC(C)C2)C1=O. The maximum atomic E-state index is 13.2. The molecule has 27 heavy (non-hydrogen) atoms. The number of nitrogens with zero attached hydrogens (tertiary/aromatic N) is 2. The van der Waals surface area contributed by atoms with Gasteiger partial charge in [0.2, 0.25) is 0 Å². The number of hydrogen-bond donors (Lipinski definition) is 0. The van der Waals surface area contributed by atoms with E-state index in [-0.39, 0.29) is 11.8 Å². The molecule has 0 aromatic heterocycles. The Morgan fingerprint density at radius 1 is 1.04 bits per heavy atom. The zero-order valence-electron chi connectivity index (χ0n) is 16.8. The number of methoxy groups -OCH3 is 1. The lowest BCUT2D eigenvalue weighted by Gasteiger charge is -2.37. The Labute approximate surface area is 162 Å². The molecule has 2 heterocycles. The van der Waals surface area contributed by atoms with E-state index in [2.05, 4.69) is 18.7 Å². The van der Waals surface area contributed by atoms with E-state index >= 15 is 0 Å². The van der Waals surface area contributed by atoms with Crippen molar-refractivity contribution in [1.82, 2.24) is 9.80 Å². The largest absolute Gasteiger partial charge is 0.385 e. The summed E-state index contributed by atoms with van der Waals surface area (Å²) in [5.74, 6) is 0.672. The van der Waals surface area contributed by atoms with E-state index in [9.17, 15) is 9.59 Å². The predicted octanol–water partition coefficient (Wildman–Crippen LogP) is 3.09. The predicted molar refractivity (Wildman–Crippen MR) is 106 cm³/mol. The lowest BCUT2D eigenvalue weighted by molar-refractivity contribution is -0.137. The maximum Gasteiger partial charge on any atom is 0.277 e. The smallest absolute Gasteiger partial charge is 0.277 e. The number of amides is 2. The normalized spacial score (nSPS) is 23.6. The second-order valence-electron chi connectivity index (χ2n) is 8.05. The van der Waals surface area contributed by atoms with E-state index in [0.717, 1.165) is 30.6 Å². The minimum absolute atomic E-state index is 0.159. The monoisotopic (exact) mass is 370 g/mol. The molecule has 2 aliphatic heterocycles. The van der Waals surface area contributed by atoms with E-state index < -0.39 is 0 Å². The quantitative estimate of drug-likeness (QED) is 0.570. The molecule has 2 amide bonds. The number of likely N-dealkylation sites (tertiary alicyclic amines) is 1. The number of ether oxygens (including phenoxy) is 1. The Kier molecular flexibility index (Phi) is 6.00. The van der Waals surface area contributed by atoms with Gasteiger partial charge in [0, 0.05) is 33.4 Å². The van der Waals surface area contributed by atoms with Crippen LogP contribution in [0.4, 0.5) is 0 Å². The zero-order valence-corrected chi connectivity index (χ0v) is 16.8. The Bertz CT molecular complexity index is 728. The molecule has 0 N–H and O–H groups in total. The first-order valence-electron chi connectivity index (χ1n) is 9.83. The number of carbonyl (C=O) groups excluding carboxylic acids is 2. The van der Waals surface area contributed by atoms with Gasteiger partial charge < -0.3 is 9.64 Å². The summed E-state index contributed by atoms with van der Waals surface area (Å²) in [6.07, 6.45) is 1.80. The van der Waals surface area contributed by atoms with E-state index in [1.165, 1.54) is 4.90 Å². The molecule has 0 radical (unpaired) electrons. The molecule has 2 atom stereocenters. The van der Waals surface area contributed by atoms with Crippen molar-refractivity contribution in [3.8, 4) is 0 Å². The fourth-order valence-electron chi connectivity index (χ4n) is 4.25. The highest BCUT2D eigenvalue weighted by Crippen LogP contribution is 2.35. The average molecular weight is 370 g/mol. The summed E-state index contributed by atoms with van der Waals surface area (Å²) in [6, 6.07) is 7.89. The number of carbonyl (C=O) groups is 2. The van der Waals surface area contributed by atoms with Crippen molar-refractivity contribution in [1.29, 1.82) is 0 Å². The molecule has 1 saturated heterocycles. The highest BCUT2D eigenvalue weighted by molar-refractivity contribution is 6.35. The fourth-order valence-corrected chi connectivity index (χ4v) is 4.25.